The van der Waals surface area contributed by atoms with E-state index >= 15 is 0 Å². The molecule has 2 atom stereocenters. The van der Waals surface area contributed by atoms with Gasteiger partial charge >= 0.3 is 0 Å². The Kier molecular flexibility index (Phi) is 3.96. The molecule has 16 heavy (non-hydrogen) atoms. The summed E-state index contributed by atoms with van der Waals surface area (Å²) < 4.78 is 1.94. The first-order valence-electron chi connectivity index (χ1n) is 6.19. The molecule has 0 bridgehead atoms. The molecule has 1 heterocycles. The molecule has 1 aliphatic carbocycles. The fourth-order valence-electron chi connectivity index (χ4n) is 2.44. The van der Waals surface area contributed by atoms with Crippen molar-refractivity contribution in [1.82, 2.24) is 15.1 Å². The topological polar surface area (TPSA) is 50.1 Å². The van der Waals surface area contributed by atoms with Gasteiger partial charge in [0, 0.05) is 37.5 Å². The molecule has 4 nitrogen and oxygen atoms in total. The molecular weight excluding hydrogens is 202 g/mol. The van der Waals surface area contributed by atoms with Crippen LogP contribution in [-0.2, 0) is 13.1 Å². The summed E-state index contributed by atoms with van der Waals surface area (Å²) in [5.74, 6) is 0.446. The summed E-state index contributed by atoms with van der Waals surface area (Å²) in [4.78, 5) is 0. The minimum atomic E-state index is 0.311. The lowest BCUT2D eigenvalue weighted by molar-refractivity contribution is 0.205. The van der Waals surface area contributed by atoms with Crippen LogP contribution in [0.1, 0.15) is 31.7 Å². The van der Waals surface area contributed by atoms with Crippen LogP contribution in [0.5, 0.6) is 0 Å². The zero-order valence-electron chi connectivity index (χ0n) is 9.89. The predicted molar refractivity (Wildman–Crippen MR) is 63.0 cm³/mol. The fraction of sp³-hybridized carbons (Fsp3) is 0.750. The Morgan fingerprint density at radius 2 is 2.44 bits per heavy atom. The van der Waals surface area contributed by atoms with Gasteiger partial charge in [-0.2, -0.15) is 5.10 Å². The van der Waals surface area contributed by atoms with Gasteiger partial charge in [0.1, 0.15) is 0 Å². The molecule has 1 fully saturated rings. The highest BCUT2D eigenvalue weighted by Gasteiger charge is 2.25. The molecule has 1 aliphatic rings. The van der Waals surface area contributed by atoms with Gasteiger partial charge in [-0.3, -0.25) is 4.68 Å². The number of nitrogens with zero attached hydrogens (tertiary/aromatic N) is 2. The maximum Gasteiger partial charge on any atom is 0.0534 e. The third-order valence-corrected chi connectivity index (χ3v) is 3.47. The Labute approximate surface area is 96.7 Å². The zero-order chi connectivity index (χ0) is 11.4. The third-order valence-electron chi connectivity index (χ3n) is 3.47. The van der Waals surface area contributed by atoms with Gasteiger partial charge in [-0.25, -0.2) is 0 Å². The van der Waals surface area contributed by atoms with Crippen molar-refractivity contribution in [3.05, 3.63) is 18.0 Å². The first-order valence-corrected chi connectivity index (χ1v) is 6.19. The van der Waals surface area contributed by atoms with Crippen LogP contribution >= 0.6 is 0 Å². The summed E-state index contributed by atoms with van der Waals surface area (Å²) in [6.07, 6.45) is 7.57. The van der Waals surface area contributed by atoms with E-state index in [0.29, 0.717) is 18.6 Å². The van der Waals surface area contributed by atoms with E-state index in [-0.39, 0.29) is 0 Å². The van der Waals surface area contributed by atoms with Gasteiger partial charge < -0.3 is 10.4 Å². The Morgan fingerprint density at radius 3 is 3.12 bits per heavy atom. The van der Waals surface area contributed by atoms with Crippen molar-refractivity contribution in [3.8, 4) is 0 Å². The minimum Gasteiger partial charge on any atom is -0.396 e. The Balaban J connectivity index is 1.82. The van der Waals surface area contributed by atoms with Crippen LogP contribution in [0, 0.1) is 5.92 Å². The lowest BCUT2D eigenvalue weighted by Gasteiger charge is -2.18. The molecule has 1 aromatic rings. The summed E-state index contributed by atoms with van der Waals surface area (Å²) in [6.45, 7) is 4.18. The van der Waals surface area contributed by atoms with E-state index in [1.165, 1.54) is 18.4 Å². The molecule has 90 valence electrons. The zero-order valence-corrected chi connectivity index (χ0v) is 9.89. The molecule has 0 saturated heterocycles. The van der Waals surface area contributed by atoms with Crippen LogP contribution < -0.4 is 5.32 Å². The van der Waals surface area contributed by atoms with Gasteiger partial charge in [0.2, 0.25) is 0 Å². The van der Waals surface area contributed by atoms with Crippen molar-refractivity contribution >= 4 is 0 Å². The van der Waals surface area contributed by atoms with Gasteiger partial charge in [0.15, 0.2) is 0 Å². The summed E-state index contributed by atoms with van der Waals surface area (Å²) >= 11 is 0. The van der Waals surface area contributed by atoms with Gasteiger partial charge in [-0.05, 0) is 25.7 Å². The molecular formula is C12H21N3O. The van der Waals surface area contributed by atoms with E-state index in [0.717, 1.165) is 19.5 Å². The van der Waals surface area contributed by atoms with Crippen LogP contribution in [0.2, 0.25) is 0 Å². The largest absolute Gasteiger partial charge is 0.396 e. The number of nitrogens with one attached hydrogen (secondary N) is 1. The number of hydrogen-bond donors (Lipinski definition) is 2. The van der Waals surface area contributed by atoms with Crippen molar-refractivity contribution in [2.24, 2.45) is 5.92 Å². The molecule has 1 aromatic heterocycles. The normalized spacial score (nSPS) is 25.1. The molecule has 2 rings (SSSR count). The molecule has 0 amide bonds. The maximum absolute atomic E-state index is 9.22. The quantitative estimate of drug-likeness (QED) is 0.787. The van der Waals surface area contributed by atoms with Gasteiger partial charge in [-0.1, -0.05) is 6.42 Å². The van der Waals surface area contributed by atoms with Crippen LogP contribution in [0.25, 0.3) is 0 Å². The van der Waals surface area contributed by atoms with Crippen molar-refractivity contribution in [1.29, 1.82) is 0 Å². The lowest BCUT2D eigenvalue weighted by Crippen LogP contribution is -2.33. The van der Waals surface area contributed by atoms with Crippen molar-refractivity contribution in [2.75, 3.05) is 6.61 Å². The summed E-state index contributed by atoms with van der Waals surface area (Å²) in [5.41, 5.74) is 1.23. The number of hydrogen-bond acceptors (Lipinski definition) is 3. The van der Waals surface area contributed by atoms with E-state index in [1.807, 2.05) is 10.9 Å². The number of rotatable bonds is 5. The van der Waals surface area contributed by atoms with E-state index < -0.39 is 0 Å². The first-order chi connectivity index (χ1) is 7.83. The number of aromatic nitrogens is 2. The predicted octanol–water partition coefficient (Wildman–Crippen LogP) is 1.15. The molecule has 2 N–H and O–H groups in total. The molecule has 0 spiro atoms. The van der Waals surface area contributed by atoms with Gasteiger partial charge in [0.25, 0.3) is 0 Å². The highest BCUT2D eigenvalue weighted by Crippen LogP contribution is 2.25. The molecule has 0 aliphatic heterocycles. The van der Waals surface area contributed by atoms with Crippen LogP contribution in [0.15, 0.2) is 12.4 Å². The van der Waals surface area contributed by atoms with Crippen LogP contribution in [0.3, 0.4) is 0 Å². The molecule has 0 radical (unpaired) electrons. The smallest absolute Gasteiger partial charge is 0.0534 e. The monoisotopic (exact) mass is 223 g/mol. The number of aliphatic hydroxyl groups excluding tert-OH is 1. The number of aryl methyl sites for hydroxylation is 1. The summed E-state index contributed by atoms with van der Waals surface area (Å²) in [7, 11) is 0. The van der Waals surface area contributed by atoms with Gasteiger partial charge in [0.05, 0.1) is 6.20 Å². The second-order valence-electron chi connectivity index (χ2n) is 4.57. The first kappa shape index (κ1) is 11.6. The highest BCUT2D eigenvalue weighted by atomic mass is 16.3. The van der Waals surface area contributed by atoms with E-state index in [2.05, 4.69) is 23.5 Å². The molecule has 1 saturated carbocycles. The Hall–Kier alpha value is -0.870. The molecule has 4 heteroatoms. The van der Waals surface area contributed by atoms with E-state index in [9.17, 15) is 5.11 Å². The average Bonchev–Trinajstić information content (AvgIpc) is 2.94. The van der Waals surface area contributed by atoms with Gasteiger partial charge in [-0.15, -0.1) is 0 Å². The second kappa shape index (κ2) is 5.46. The van der Waals surface area contributed by atoms with Crippen molar-refractivity contribution < 1.29 is 5.11 Å². The van der Waals surface area contributed by atoms with Crippen molar-refractivity contribution in [2.45, 2.75) is 45.3 Å². The van der Waals surface area contributed by atoms with E-state index in [4.69, 9.17) is 0 Å². The van der Waals surface area contributed by atoms with Crippen molar-refractivity contribution in [3.63, 3.8) is 0 Å². The van der Waals surface area contributed by atoms with E-state index in [1.54, 1.807) is 0 Å². The third kappa shape index (κ3) is 2.62. The average molecular weight is 223 g/mol. The molecule has 0 aromatic carbocycles. The molecule has 2 unspecified atom stereocenters. The van der Waals surface area contributed by atoms with Crippen LogP contribution in [0.4, 0.5) is 0 Å². The Bertz CT molecular complexity index is 324. The highest BCUT2D eigenvalue weighted by molar-refractivity contribution is 5.03. The minimum absolute atomic E-state index is 0.311. The maximum atomic E-state index is 9.22. The second-order valence-corrected chi connectivity index (χ2v) is 4.57. The fourth-order valence-corrected chi connectivity index (χ4v) is 2.44. The summed E-state index contributed by atoms with van der Waals surface area (Å²) in [5, 5.41) is 17.0. The Morgan fingerprint density at radius 1 is 1.56 bits per heavy atom. The number of aliphatic hydroxyl groups is 1. The van der Waals surface area contributed by atoms with Crippen LogP contribution in [-0.4, -0.2) is 27.5 Å². The summed E-state index contributed by atoms with van der Waals surface area (Å²) in [6, 6.07) is 0.481. The SMILES string of the molecule is CCn1cc(CNC2CCCC2CO)cn1. The lowest BCUT2D eigenvalue weighted by atomic mass is 10.1. The standard InChI is InChI=1S/C12H21N3O/c1-2-15-8-10(7-14-15)6-13-12-5-3-4-11(12)9-16/h7-8,11-13,16H,2-6,9H2,1H3.